The maximum Gasteiger partial charge on any atom is 0.326 e. The molecular weight excluding hydrogens is 252 g/mol. The quantitative estimate of drug-likeness (QED) is 0.698. The zero-order chi connectivity index (χ0) is 13.9. The van der Waals surface area contributed by atoms with E-state index in [4.69, 9.17) is 0 Å². The minimum Gasteiger partial charge on any atom is -0.307 e. The summed E-state index contributed by atoms with van der Waals surface area (Å²) in [5.74, 6) is 0. The van der Waals surface area contributed by atoms with E-state index in [0.717, 1.165) is 11.1 Å². The monoisotopic (exact) mass is 264 g/mol. The van der Waals surface area contributed by atoms with Gasteiger partial charge in [0, 0.05) is 0 Å². The van der Waals surface area contributed by atoms with Crippen molar-refractivity contribution in [1.82, 2.24) is 9.97 Å². The smallest absolute Gasteiger partial charge is 0.307 e. The molecule has 0 atom stereocenters. The van der Waals surface area contributed by atoms with E-state index >= 15 is 0 Å². The van der Waals surface area contributed by atoms with Gasteiger partial charge >= 0.3 is 5.69 Å². The lowest BCUT2D eigenvalue weighted by Gasteiger charge is -1.98. The largest absolute Gasteiger partial charge is 0.326 e. The highest BCUT2D eigenvalue weighted by atomic mass is 16.2. The van der Waals surface area contributed by atoms with Crippen LogP contribution in [0.4, 0.5) is 0 Å². The molecule has 0 saturated carbocycles. The summed E-state index contributed by atoms with van der Waals surface area (Å²) in [6.45, 7) is 0. The standard InChI is InChI=1S/C16H12N2O2/c19-15-13-10-12(7-6-11-4-2-1-3-5-11)8-9-14(13)17-16(20)18-15/h1-10H,(H2,17,18,19,20)/b7-6+. The molecule has 0 aliphatic carbocycles. The topological polar surface area (TPSA) is 65.7 Å². The number of rotatable bonds is 2. The van der Waals surface area contributed by atoms with Crippen LogP contribution in [0.3, 0.4) is 0 Å². The van der Waals surface area contributed by atoms with E-state index in [2.05, 4.69) is 9.97 Å². The van der Waals surface area contributed by atoms with Gasteiger partial charge < -0.3 is 4.98 Å². The fourth-order valence-electron chi connectivity index (χ4n) is 2.04. The summed E-state index contributed by atoms with van der Waals surface area (Å²) in [6.07, 6.45) is 3.90. The molecule has 1 heterocycles. The zero-order valence-corrected chi connectivity index (χ0v) is 10.6. The van der Waals surface area contributed by atoms with Crippen molar-refractivity contribution in [3.8, 4) is 0 Å². The van der Waals surface area contributed by atoms with Gasteiger partial charge in [-0.25, -0.2) is 4.79 Å². The molecule has 0 saturated heterocycles. The van der Waals surface area contributed by atoms with Gasteiger partial charge in [0.25, 0.3) is 5.56 Å². The number of hydrogen-bond donors (Lipinski definition) is 2. The number of benzene rings is 2. The summed E-state index contributed by atoms with van der Waals surface area (Å²) in [7, 11) is 0. The molecule has 2 N–H and O–H groups in total. The Kier molecular flexibility index (Phi) is 3.05. The second kappa shape index (κ2) is 5.01. The first-order valence-corrected chi connectivity index (χ1v) is 6.22. The van der Waals surface area contributed by atoms with E-state index in [9.17, 15) is 9.59 Å². The molecule has 0 unspecified atom stereocenters. The lowest BCUT2D eigenvalue weighted by Crippen LogP contribution is -2.21. The van der Waals surface area contributed by atoms with Crippen LogP contribution in [0.2, 0.25) is 0 Å². The Labute approximate surface area is 114 Å². The highest BCUT2D eigenvalue weighted by molar-refractivity contribution is 5.82. The van der Waals surface area contributed by atoms with Crippen molar-refractivity contribution in [2.24, 2.45) is 0 Å². The summed E-state index contributed by atoms with van der Waals surface area (Å²) in [5.41, 5.74) is 1.66. The average Bonchev–Trinajstić information content (AvgIpc) is 2.46. The van der Waals surface area contributed by atoms with Crippen LogP contribution >= 0.6 is 0 Å². The molecule has 0 bridgehead atoms. The Balaban J connectivity index is 2.04. The van der Waals surface area contributed by atoms with Crippen molar-refractivity contribution in [2.75, 3.05) is 0 Å². The molecule has 0 fully saturated rings. The fraction of sp³-hybridized carbons (Fsp3) is 0. The Hall–Kier alpha value is -2.88. The molecule has 0 aliphatic rings. The maximum absolute atomic E-state index is 11.7. The van der Waals surface area contributed by atoms with Crippen molar-refractivity contribution in [3.05, 3.63) is 80.5 Å². The predicted molar refractivity (Wildman–Crippen MR) is 80.6 cm³/mol. The van der Waals surface area contributed by atoms with Gasteiger partial charge in [0.2, 0.25) is 0 Å². The van der Waals surface area contributed by atoms with Crippen LogP contribution in [-0.4, -0.2) is 9.97 Å². The molecule has 0 radical (unpaired) electrons. The van der Waals surface area contributed by atoms with Gasteiger partial charge in [-0.05, 0) is 23.3 Å². The molecular formula is C16H12N2O2. The second-order valence-electron chi connectivity index (χ2n) is 4.46. The van der Waals surface area contributed by atoms with Gasteiger partial charge in [-0.15, -0.1) is 0 Å². The maximum atomic E-state index is 11.7. The van der Waals surface area contributed by atoms with Gasteiger partial charge in [0.1, 0.15) is 0 Å². The van der Waals surface area contributed by atoms with Gasteiger partial charge in [0.05, 0.1) is 10.9 Å². The summed E-state index contributed by atoms with van der Waals surface area (Å²) < 4.78 is 0. The Morgan fingerprint density at radius 1 is 0.800 bits per heavy atom. The van der Waals surface area contributed by atoms with Crippen LogP contribution < -0.4 is 11.2 Å². The SMILES string of the molecule is O=c1[nH]c(=O)c2cc(/C=C/c3ccccc3)ccc2[nH]1. The third kappa shape index (κ3) is 2.44. The average molecular weight is 264 g/mol. The summed E-state index contributed by atoms with van der Waals surface area (Å²) >= 11 is 0. The van der Waals surface area contributed by atoms with Crippen LogP contribution in [0.15, 0.2) is 58.1 Å². The minimum absolute atomic E-state index is 0.376. The zero-order valence-electron chi connectivity index (χ0n) is 10.6. The van der Waals surface area contributed by atoms with Crippen LogP contribution in [0.5, 0.6) is 0 Å². The first-order valence-electron chi connectivity index (χ1n) is 6.22. The van der Waals surface area contributed by atoms with Crippen LogP contribution in [0.25, 0.3) is 23.1 Å². The third-order valence-electron chi connectivity index (χ3n) is 3.03. The molecule has 4 nitrogen and oxygen atoms in total. The van der Waals surface area contributed by atoms with Crippen LogP contribution in [0, 0.1) is 0 Å². The van der Waals surface area contributed by atoms with E-state index in [1.807, 2.05) is 48.6 Å². The molecule has 0 aliphatic heterocycles. The molecule has 0 amide bonds. The van der Waals surface area contributed by atoms with Crippen molar-refractivity contribution < 1.29 is 0 Å². The normalized spacial score (nSPS) is 11.2. The Morgan fingerprint density at radius 2 is 1.55 bits per heavy atom. The third-order valence-corrected chi connectivity index (χ3v) is 3.03. The lowest BCUT2D eigenvalue weighted by atomic mass is 10.1. The fourth-order valence-corrected chi connectivity index (χ4v) is 2.04. The molecule has 4 heteroatoms. The number of aromatic nitrogens is 2. The van der Waals surface area contributed by atoms with E-state index < -0.39 is 5.69 Å². The van der Waals surface area contributed by atoms with Crippen molar-refractivity contribution >= 4 is 23.1 Å². The van der Waals surface area contributed by atoms with E-state index in [0.29, 0.717) is 10.9 Å². The number of fused-ring (bicyclic) bond motifs is 1. The second-order valence-corrected chi connectivity index (χ2v) is 4.46. The first-order chi connectivity index (χ1) is 9.72. The lowest BCUT2D eigenvalue weighted by molar-refractivity contribution is 1.08. The molecule has 3 aromatic rings. The minimum atomic E-state index is -0.491. The summed E-state index contributed by atoms with van der Waals surface area (Å²) in [4.78, 5) is 27.7. The summed E-state index contributed by atoms with van der Waals surface area (Å²) in [5, 5.41) is 0.472. The van der Waals surface area contributed by atoms with Gasteiger partial charge in [-0.2, -0.15) is 0 Å². The molecule has 2 aromatic carbocycles. The number of nitrogens with one attached hydrogen (secondary N) is 2. The molecule has 1 aromatic heterocycles. The van der Waals surface area contributed by atoms with Gasteiger partial charge in [-0.3, -0.25) is 9.78 Å². The van der Waals surface area contributed by atoms with Gasteiger partial charge in [-0.1, -0.05) is 48.6 Å². The van der Waals surface area contributed by atoms with Crippen molar-refractivity contribution in [2.45, 2.75) is 0 Å². The van der Waals surface area contributed by atoms with Crippen molar-refractivity contribution in [1.29, 1.82) is 0 Å². The molecule has 3 rings (SSSR count). The van der Waals surface area contributed by atoms with Crippen molar-refractivity contribution in [3.63, 3.8) is 0 Å². The van der Waals surface area contributed by atoms with E-state index in [-0.39, 0.29) is 5.56 Å². The predicted octanol–water partition coefficient (Wildman–Crippen LogP) is 2.39. The highest BCUT2D eigenvalue weighted by Gasteiger charge is 2.00. The Bertz CT molecular complexity index is 889. The van der Waals surface area contributed by atoms with E-state index in [1.165, 1.54) is 0 Å². The van der Waals surface area contributed by atoms with Crippen LogP contribution in [-0.2, 0) is 0 Å². The number of H-pyrrole nitrogens is 2. The van der Waals surface area contributed by atoms with Gasteiger partial charge in [0.15, 0.2) is 0 Å². The van der Waals surface area contributed by atoms with E-state index in [1.54, 1.807) is 12.1 Å². The summed E-state index contributed by atoms with van der Waals surface area (Å²) in [6, 6.07) is 15.2. The highest BCUT2D eigenvalue weighted by Crippen LogP contribution is 2.12. The molecule has 0 spiro atoms. The number of aromatic amines is 2. The first kappa shape index (κ1) is 12.2. The Morgan fingerprint density at radius 3 is 2.35 bits per heavy atom. The number of hydrogen-bond acceptors (Lipinski definition) is 2. The molecule has 98 valence electrons. The molecule has 20 heavy (non-hydrogen) atoms. The van der Waals surface area contributed by atoms with Crippen LogP contribution in [0.1, 0.15) is 11.1 Å².